The van der Waals surface area contributed by atoms with Gasteiger partial charge >= 0.3 is 12.2 Å². The Morgan fingerprint density at radius 2 is 1.83 bits per heavy atom. The molecule has 3 saturated heterocycles. The van der Waals surface area contributed by atoms with E-state index in [0.717, 1.165) is 17.0 Å². The molecule has 3 aliphatic rings. The molecule has 0 saturated carbocycles. The van der Waals surface area contributed by atoms with Gasteiger partial charge in [-0.15, -0.1) is 0 Å². The lowest BCUT2D eigenvalue weighted by molar-refractivity contribution is -0.138. The molecular weight excluding hydrogens is 399 g/mol. The Labute approximate surface area is 172 Å². The monoisotopic (exact) mass is 423 g/mol. The number of hydrogen-bond donors (Lipinski definition) is 0. The number of piperazine rings is 1. The molecule has 3 fully saturated rings. The molecule has 162 valence electrons. The van der Waals surface area contributed by atoms with E-state index < -0.39 is 35.8 Å². The number of alkyl halides is 3. The van der Waals surface area contributed by atoms with Gasteiger partial charge in [-0.05, 0) is 23.6 Å². The summed E-state index contributed by atoms with van der Waals surface area (Å²) in [5, 5.41) is 0. The van der Waals surface area contributed by atoms with Gasteiger partial charge in [-0.3, -0.25) is 9.59 Å². The topological polar surface area (TPSA) is 60.9 Å². The zero-order valence-corrected chi connectivity index (χ0v) is 17.2. The van der Waals surface area contributed by atoms with E-state index in [0.29, 0.717) is 13.0 Å². The molecule has 4 amide bonds. The fourth-order valence-corrected chi connectivity index (χ4v) is 4.92. The highest BCUT2D eigenvalue weighted by atomic mass is 19.4. The Hall–Kier alpha value is -2.58. The number of likely N-dealkylation sites (tertiary alicyclic amines) is 1. The molecule has 2 unspecified atom stereocenters. The summed E-state index contributed by atoms with van der Waals surface area (Å²) in [5.74, 6) is -0.721. The predicted octanol–water partition coefficient (Wildman–Crippen LogP) is 3.51. The number of benzene rings is 1. The van der Waals surface area contributed by atoms with Gasteiger partial charge in [0, 0.05) is 18.9 Å². The lowest BCUT2D eigenvalue weighted by Gasteiger charge is -2.36. The number of amides is 4. The number of hydrogen-bond acceptors (Lipinski definition) is 3. The molecule has 0 spiro atoms. The predicted molar refractivity (Wildman–Crippen MR) is 102 cm³/mol. The maximum absolute atomic E-state index is 13.2. The normalized spacial score (nSPS) is 28.6. The van der Waals surface area contributed by atoms with Crippen LogP contribution < -0.4 is 4.90 Å². The van der Waals surface area contributed by atoms with Crippen LogP contribution in [-0.2, 0) is 15.8 Å². The Morgan fingerprint density at radius 1 is 1.17 bits per heavy atom. The third-order valence-electron chi connectivity index (χ3n) is 6.19. The van der Waals surface area contributed by atoms with Crippen molar-refractivity contribution in [3.8, 4) is 0 Å². The highest BCUT2D eigenvalue weighted by Crippen LogP contribution is 2.46. The minimum Gasteiger partial charge on any atom is -0.335 e. The van der Waals surface area contributed by atoms with Crippen LogP contribution in [0, 0.1) is 11.3 Å². The van der Waals surface area contributed by atoms with Gasteiger partial charge < -0.3 is 9.80 Å². The van der Waals surface area contributed by atoms with E-state index in [4.69, 9.17) is 0 Å². The molecule has 1 aromatic carbocycles. The van der Waals surface area contributed by atoms with Gasteiger partial charge in [0.2, 0.25) is 5.91 Å². The van der Waals surface area contributed by atoms with Crippen LogP contribution >= 0.6 is 0 Å². The molecular formula is C21H24F3N3O3. The van der Waals surface area contributed by atoms with Crippen molar-refractivity contribution < 1.29 is 27.6 Å². The van der Waals surface area contributed by atoms with E-state index in [1.807, 2.05) is 27.7 Å². The Bertz CT molecular complexity index is 924. The van der Waals surface area contributed by atoms with E-state index in [2.05, 4.69) is 0 Å². The van der Waals surface area contributed by atoms with E-state index >= 15 is 0 Å². The molecule has 0 aliphatic carbocycles. The average molecular weight is 423 g/mol. The highest BCUT2D eigenvalue weighted by Gasteiger charge is 2.66. The number of rotatable bonds is 2. The van der Waals surface area contributed by atoms with E-state index in [9.17, 15) is 27.6 Å². The number of nitrogens with zero attached hydrogens (tertiary/aromatic N) is 3. The maximum Gasteiger partial charge on any atom is 0.416 e. The van der Waals surface area contributed by atoms with Crippen LogP contribution in [0.15, 0.2) is 24.3 Å². The quantitative estimate of drug-likeness (QED) is 0.684. The van der Waals surface area contributed by atoms with Gasteiger partial charge in [-0.25, -0.2) is 9.69 Å². The Kier molecular flexibility index (Phi) is 4.45. The van der Waals surface area contributed by atoms with Gasteiger partial charge in [-0.1, -0.05) is 33.8 Å². The molecule has 30 heavy (non-hydrogen) atoms. The van der Waals surface area contributed by atoms with Gasteiger partial charge in [0.15, 0.2) is 0 Å². The third-order valence-corrected chi connectivity index (χ3v) is 6.19. The zero-order chi connectivity index (χ0) is 22.2. The summed E-state index contributed by atoms with van der Waals surface area (Å²) in [4.78, 5) is 43.1. The Morgan fingerprint density at radius 3 is 2.43 bits per heavy atom. The largest absolute Gasteiger partial charge is 0.416 e. The van der Waals surface area contributed by atoms with Crippen LogP contribution in [0.1, 0.15) is 39.7 Å². The number of carbonyl (C=O) groups excluding carboxylic acids is 3. The van der Waals surface area contributed by atoms with Crippen LogP contribution in [0.2, 0.25) is 0 Å². The molecule has 4 rings (SSSR count). The van der Waals surface area contributed by atoms with E-state index in [1.165, 1.54) is 17.0 Å². The number of halogens is 3. The van der Waals surface area contributed by atoms with Crippen molar-refractivity contribution in [1.82, 2.24) is 9.80 Å². The lowest BCUT2D eigenvalue weighted by Crippen LogP contribution is -2.55. The molecule has 0 aromatic heterocycles. The summed E-state index contributed by atoms with van der Waals surface area (Å²) in [6.07, 6.45) is -4.27. The first-order chi connectivity index (χ1) is 13.8. The standard InChI is InChI=1S/C21H24F3N3O3/c1-11-14-10-25(15(28)9-20(2,3)4)16(11)17-18(29)26(19(30)27(14)17)13-7-5-6-12(8-13)21(22,23)24/h5-8,11,14,16-17H,9-10H2,1-4H3/t11-,14?,16?,17-/m1/s1. The summed E-state index contributed by atoms with van der Waals surface area (Å²) >= 11 is 0. The first kappa shape index (κ1) is 20.7. The van der Waals surface area contributed by atoms with Crippen LogP contribution in [0.4, 0.5) is 23.7 Å². The van der Waals surface area contributed by atoms with Gasteiger partial charge in [-0.2, -0.15) is 13.2 Å². The second-order valence-corrected chi connectivity index (χ2v) is 9.56. The summed E-state index contributed by atoms with van der Waals surface area (Å²) in [6.45, 7) is 8.11. The van der Waals surface area contributed by atoms with Crippen molar-refractivity contribution in [2.45, 2.75) is 58.4 Å². The van der Waals surface area contributed by atoms with Crippen molar-refractivity contribution in [1.29, 1.82) is 0 Å². The van der Waals surface area contributed by atoms with E-state index in [1.54, 1.807) is 4.90 Å². The summed E-state index contributed by atoms with van der Waals surface area (Å²) in [7, 11) is 0. The number of imide groups is 1. The van der Waals surface area contributed by atoms with Crippen molar-refractivity contribution in [3.63, 3.8) is 0 Å². The zero-order valence-electron chi connectivity index (χ0n) is 17.2. The molecule has 1 aromatic rings. The van der Waals surface area contributed by atoms with Gasteiger partial charge in [0.05, 0.1) is 23.3 Å². The number of urea groups is 1. The molecule has 0 N–H and O–H groups in total. The van der Waals surface area contributed by atoms with Gasteiger partial charge in [0.25, 0.3) is 5.91 Å². The second-order valence-electron chi connectivity index (χ2n) is 9.56. The minimum atomic E-state index is -4.58. The van der Waals surface area contributed by atoms with Crippen LogP contribution in [0.25, 0.3) is 0 Å². The van der Waals surface area contributed by atoms with Crippen LogP contribution in [-0.4, -0.2) is 52.3 Å². The second kappa shape index (κ2) is 6.46. The lowest BCUT2D eigenvalue weighted by atomic mass is 9.91. The Balaban J connectivity index is 1.65. The van der Waals surface area contributed by atoms with Crippen molar-refractivity contribution in [2.75, 3.05) is 11.4 Å². The molecule has 9 heteroatoms. The third kappa shape index (κ3) is 3.06. The summed E-state index contributed by atoms with van der Waals surface area (Å²) in [5.41, 5.74) is -1.25. The number of fused-ring (bicyclic) bond motifs is 5. The van der Waals surface area contributed by atoms with Crippen molar-refractivity contribution in [3.05, 3.63) is 29.8 Å². The molecule has 2 bridgehead atoms. The van der Waals surface area contributed by atoms with Crippen LogP contribution in [0.5, 0.6) is 0 Å². The highest BCUT2D eigenvalue weighted by molar-refractivity contribution is 6.22. The molecule has 3 aliphatic heterocycles. The summed E-state index contributed by atoms with van der Waals surface area (Å²) < 4.78 is 39.3. The molecule has 4 atom stereocenters. The number of anilines is 1. The van der Waals surface area contributed by atoms with E-state index in [-0.39, 0.29) is 29.0 Å². The fourth-order valence-electron chi connectivity index (χ4n) is 4.92. The smallest absolute Gasteiger partial charge is 0.335 e. The average Bonchev–Trinajstić information content (AvgIpc) is 3.19. The molecule has 3 heterocycles. The van der Waals surface area contributed by atoms with Gasteiger partial charge in [0.1, 0.15) is 6.04 Å². The SMILES string of the molecule is C[C@H]1C2[C@@H]3C(=O)N(c4cccc(C(F)(F)F)c4)C(=O)N3C1CN2C(=O)CC(C)(C)C. The van der Waals surface area contributed by atoms with Crippen molar-refractivity contribution >= 4 is 23.5 Å². The van der Waals surface area contributed by atoms with Crippen LogP contribution in [0.3, 0.4) is 0 Å². The maximum atomic E-state index is 13.2. The number of carbonyl (C=O) groups is 3. The molecule has 6 nitrogen and oxygen atoms in total. The fraction of sp³-hybridized carbons (Fsp3) is 0.571. The first-order valence-corrected chi connectivity index (χ1v) is 9.94. The minimum absolute atomic E-state index is 0.0701. The summed E-state index contributed by atoms with van der Waals surface area (Å²) in [6, 6.07) is 1.95. The first-order valence-electron chi connectivity index (χ1n) is 9.94. The molecule has 0 radical (unpaired) electrons. The van der Waals surface area contributed by atoms with Crippen molar-refractivity contribution in [2.24, 2.45) is 11.3 Å².